The van der Waals surface area contributed by atoms with Crippen molar-refractivity contribution in [2.75, 3.05) is 5.73 Å². The Morgan fingerprint density at radius 3 is 2.31 bits per heavy atom. The Morgan fingerprint density at radius 2 is 1.88 bits per heavy atom. The van der Waals surface area contributed by atoms with E-state index in [1.807, 2.05) is 0 Å². The van der Waals surface area contributed by atoms with Crippen LogP contribution in [0.4, 0.5) is 10.2 Å². The van der Waals surface area contributed by atoms with E-state index >= 15 is 0 Å². The van der Waals surface area contributed by atoms with Gasteiger partial charge in [0.05, 0.1) is 16.2 Å². The van der Waals surface area contributed by atoms with Crippen LogP contribution in [0.15, 0.2) is 18.3 Å². The SMILES string of the molecule is Cn1ncc(-c2cc(Cl)c(F)c(Cl)c2)c1N. The van der Waals surface area contributed by atoms with Crippen molar-refractivity contribution in [2.24, 2.45) is 7.05 Å². The van der Waals surface area contributed by atoms with Crippen molar-refractivity contribution in [2.45, 2.75) is 0 Å². The third-order valence-corrected chi connectivity index (χ3v) is 2.83. The molecule has 0 unspecified atom stereocenters. The Morgan fingerprint density at radius 1 is 1.31 bits per heavy atom. The highest BCUT2D eigenvalue weighted by atomic mass is 35.5. The fourth-order valence-electron chi connectivity index (χ4n) is 1.38. The van der Waals surface area contributed by atoms with Crippen molar-refractivity contribution < 1.29 is 4.39 Å². The van der Waals surface area contributed by atoms with Gasteiger partial charge in [0.15, 0.2) is 5.82 Å². The molecule has 2 N–H and O–H groups in total. The Labute approximate surface area is 102 Å². The lowest BCUT2D eigenvalue weighted by Crippen LogP contribution is -1.98. The Kier molecular flexibility index (Phi) is 2.78. The Hall–Kier alpha value is -1.26. The summed E-state index contributed by atoms with van der Waals surface area (Å²) < 4.78 is 14.7. The maximum atomic E-state index is 13.2. The molecule has 0 radical (unpaired) electrons. The standard InChI is InChI=1S/C10H8Cl2FN3/c1-16-10(14)6(4-15-16)5-2-7(11)9(13)8(12)3-5/h2-4H,14H2,1H3. The Balaban J connectivity index is 2.61. The third-order valence-electron chi connectivity index (χ3n) is 2.28. The normalized spacial score (nSPS) is 10.8. The number of aromatic nitrogens is 2. The van der Waals surface area contributed by atoms with E-state index in [2.05, 4.69) is 5.10 Å². The number of nitrogens with zero attached hydrogens (tertiary/aromatic N) is 2. The number of hydrogen-bond donors (Lipinski definition) is 1. The lowest BCUT2D eigenvalue weighted by Gasteiger charge is -2.04. The molecule has 3 nitrogen and oxygen atoms in total. The maximum absolute atomic E-state index is 13.2. The van der Waals surface area contributed by atoms with Gasteiger partial charge in [-0.15, -0.1) is 0 Å². The Bertz CT molecular complexity index is 528. The van der Waals surface area contributed by atoms with Crippen LogP contribution in [0.1, 0.15) is 0 Å². The topological polar surface area (TPSA) is 43.8 Å². The second-order valence-electron chi connectivity index (χ2n) is 3.32. The van der Waals surface area contributed by atoms with Gasteiger partial charge in [0.25, 0.3) is 0 Å². The predicted molar refractivity (Wildman–Crippen MR) is 63.0 cm³/mol. The fourth-order valence-corrected chi connectivity index (χ4v) is 1.87. The van der Waals surface area contributed by atoms with Gasteiger partial charge in [0.1, 0.15) is 5.82 Å². The molecule has 0 saturated heterocycles. The molecule has 0 amide bonds. The van der Waals surface area contributed by atoms with Crippen LogP contribution < -0.4 is 5.73 Å². The van der Waals surface area contributed by atoms with Gasteiger partial charge in [-0.25, -0.2) is 4.39 Å². The average molecular weight is 260 g/mol. The molecule has 0 saturated carbocycles. The van der Waals surface area contributed by atoms with Crippen molar-refractivity contribution >= 4 is 29.0 Å². The zero-order valence-electron chi connectivity index (χ0n) is 8.34. The number of nitrogen functional groups attached to an aromatic ring is 1. The van der Waals surface area contributed by atoms with Gasteiger partial charge in [-0.2, -0.15) is 5.10 Å². The summed E-state index contributed by atoms with van der Waals surface area (Å²) in [5.41, 5.74) is 7.11. The lowest BCUT2D eigenvalue weighted by molar-refractivity contribution is 0.629. The minimum absolute atomic E-state index is 0.0363. The van der Waals surface area contributed by atoms with E-state index in [0.717, 1.165) is 0 Å². The zero-order valence-corrected chi connectivity index (χ0v) is 9.85. The fraction of sp³-hybridized carbons (Fsp3) is 0.100. The van der Waals surface area contributed by atoms with Gasteiger partial charge < -0.3 is 5.73 Å². The number of anilines is 1. The molecule has 0 fully saturated rings. The summed E-state index contributed by atoms with van der Waals surface area (Å²) >= 11 is 11.4. The number of nitrogens with two attached hydrogens (primary N) is 1. The van der Waals surface area contributed by atoms with Crippen LogP contribution >= 0.6 is 23.2 Å². The van der Waals surface area contributed by atoms with E-state index in [-0.39, 0.29) is 10.0 Å². The minimum Gasteiger partial charge on any atom is -0.383 e. The van der Waals surface area contributed by atoms with Crippen LogP contribution in [-0.4, -0.2) is 9.78 Å². The van der Waals surface area contributed by atoms with Crippen molar-refractivity contribution in [3.8, 4) is 11.1 Å². The molecule has 0 atom stereocenters. The van der Waals surface area contributed by atoms with E-state index in [1.165, 1.54) is 16.8 Å². The molecule has 0 aliphatic carbocycles. The van der Waals surface area contributed by atoms with Gasteiger partial charge in [0.2, 0.25) is 0 Å². The van der Waals surface area contributed by atoms with Crippen molar-refractivity contribution in [3.05, 3.63) is 34.2 Å². The lowest BCUT2D eigenvalue weighted by atomic mass is 10.1. The van der Waals surface area contributed by atoms with E-state index in [1.54, 1.807) is 13.2 Å². The molecule has 1 aromatic carbocycles. The molecule has 6 heteroatoms. The first kappa shape index (κ1) is 11.2. The van der Waals surface area contributed by atoms with Crippen molar-refractivity contribution in [1.29, 1.82) is 0 Å². The molecular formula is C10H8Cl2FN3. The quantitative estimate of drug-likeness (QED) is 0.800. The third kappa shape index (κ3) is 1.74. The van der Waals surface area contributed by atoms with Crippen molar-refractivity contribution in [1.82, 2.24) is 9.78 Å². The summed E-state index contributed by atoms with van der Waals surface area (Å²) in [6.07, 6.45) is 1.58. The number of rotatable bonds is 1. The number of halogens is 3. The molecule has 16 heavy (non-hydrogen) atoms. The summed E-state index contributed by atoms with van der Waals surface area (Å²) in [6.45, 7) is 0. The predicted octanol–water partition coefficient (Wildman–Crippen LogP) is 3.12. The van der Waals surface area contributed by atoms with Crippen LogP contribution in [0.5, 0.6) is 0 Å². The van der Waals surface area contributed by atoms with Crippen molar-refractivity contribution in [3.63, 3.8) is 0 Å². The first-order chi connectivity index (χ1) is 7.50. The summed E-state index contributed by atoms with van der Waals surface area (Å²) in [5.74, 6) is -0.159. The first-order valence-electron chi connectivity index (χ1n) is 4.43. The number of hydrogen-bond acceptors (Lipinski definition) is 2. The highest BCUT2D eigenvalue weighted by molar-refractivity contribution is 6.35. The molecule has 1 heterocycles. The molecule has 84 valence electrons. The van der Waals surface area contributed by atoms with Gasteiger partial charge in [-0.3, -0.25) is 4.68 Å². The van der Waals surface area contributed by atoms with Gasteiger partial charge in [-0.05, 0) is 17.7 Å². The summed E-state index contributed by atoms with van der Waals surface area (Å²) in [7, 11) is 1.71. The van der Waals surface area contributed by atoms with Crippen LogP contribution in [0.2, 0.25) is 10.0 Å². The van der Waals surface area contributed by atoms with Gasteiger partial charge in [-0.1, -0.05) is 23.2 Å². The van der Waals surface area contributed by atoms with Crippen LogP contribution in [-0.2, 0) is 7.05 Å². The molecular weight excluding hydrogens is 252 g/mol. The largest absolute Gasteiger partial charge is 0.383 e. The van der Waals surface area contributed by atoms with Gasteiger partial charge in [0, 0.05) is 12.6 Å². The summed E-state index contributed by atoms with van der Waals surface area (Å²) in [5, 5.41) is 3.91. The number of benzene rings is 1. The van der Waals surface area contributed by atoms with Crippen LogP contribution in [0, 0.1) is 5.82 Å². The maximum Gasteiger partial charge on any atom is 0.160 e. The zero-order chi connectivity index (χ0) is 11.9. The molecule has 0 aliphatic rings. The van der Waals surface area contributed by atoms with Crippen LogP contribution in [0.25, 0.3) is 11.1 Å². The van der Waals surface area contributed by atoms with E-state index in [9.17, 15) is 4.39 Å². The summed E-state index contributed by atoms with van der Waals surface area (Å²) in [6, 6.07) is 2.94. The monoisotopic (exact) mass is 259 g/mol. The smallest absolute Gasteiger partial charge is 0.160 e. The molecule has 2 aromatic rings. The highest BCUT2D eigenvalue weighted by Crippen LogP contribution is 2.32. The van der Waals surface area contributed by atoms with E-state index in [0.29, 0.717) is 16.9 Å². The molecule has 2 rings (SSSR count). The minimum atomic E-state index is -0.630. The van der Waals surface area contributed by atoms with Gasteiger partial charge >= 0.3 is 0 Å². The molecule has 0 aliphatic heterocycles. The van der Waals surface area contributed by atoms with Crippen LogP contribution in [0.3, 0.4) is 0 Å². The van der Waals surface area contributed by atoms with E-state index in [4.69, 9.17) is 28.9 Å². The summed E-state index contributed by atoms with van der Waals surface area (Å²) in [4.78, 5) is 0. The average Bonchev–Trinajstić information content (AvgIpc) is 2.56. The highest BCUT2D eigenvalue weighted by Gasteiger charge is 2.12. The number of aryl methyl sites for hydroxylation is 1. The first-order valence-corrected chi connectivity index (χ1v) is 5.18. The second-order valence-corrected chi connectivity index (χ2v) is 4.14. The molecule has 1 aromatic heterocycles. The second kappa shape index (κ2) is 3.96. The molecule has 0 bridgehead atoms. The molecule has 0 spiro atoms. The van der Waals surface area contributed by atoms with E-state index < -0.39 is 5.82 Å².